The van der Waals surface area contributed by atoms with E-state index in [0.717, 1.165) is 6.54 Å². The van der Waals surface area contributed by atoms with Crippen molar-refractivity contribution in [1.29, 1.82) is 0 Å². The van der Waals surface area contributed by atoms with Gasteiger partial charge in [-0.25, -0.2) is 0 Å². The minimum Gasteiger partial charge on any atom is -0.391 e. The van der Waals surface area contributed by atoms with E-state index in [1.807, 2.05) is 0 Å². The van der Waals surface area contributed by atoms with E-state index in [0.29, 0.717) is 32.7 Å². The lowest BCUT2D eigenvalue weighted by Crippen LogP contribution is -2.48. The Morgan fingerprint density at radius 2 is 2.43 bits per heavy atom. The number of carbonyl (C=O) groups is 1. The first-order valence-electron chi connectivity index (χ1n) is 5.06. The molecule has 2 heterocycles. The predicted molar refractivity (Wildman–Crippen MR) is 49.8 cm³/mol. The molecule has 2 atom stereocenters. The number of β-amino-alcohol motifs (C(OH)–C–C–N with tert-alkyl or cyclic N) is 1. The number of hydrogen-bond acceptors (Lipinski definition) is 4. The van der Waals surface area contributed by atoms with Crippen LogP contribution in [-0.4, -0.2) is 60.9 Å². The van der Waals surface area contributed by atoms with Crippen molar-refractivity contribution in [3.8, 4) is 0 Å². The van der Waals surface area contributed by atoms with Gasteiger partial charge in [0, 0.05) is 26.2 Å². The van der Waals surface area contributed by atoms with Crippen molar-refractivity contribution in [2.75, 3.05) is 32.8 Å². The molecule has 1 unspecified atom stereocenters. The van der Waals surface area contributed by atoms with Crippen molar-refractivity contribution < 1.29 is 14.6 Å². The molecule has 2 fully saturated rings. The fourth-order valence-corrected chi connectivity index (χ4v) is 1.87. The SMILES string of the molecule is O=C(C1CNCCO1)N1CC[C@H](O)C1. The number of aliphatic hydroxyl groups is 1. The zero-order valence-electron chi connectivity index (χ0n) is 8.11. The number of hydrogen-bond donors (Lipinski definition) is 2. The van der Waals surface area contributed by atoms with Gasteiger partial charge in [0.2, 0.25) is 0 Å². The number of amides is 1. The Balaban J connectivity index is 1.87. The van der Waals surface area contributed by atoms with Crippen LogP contribution in [0.25, 0.3) is 0 Å². The lowest BCUT2D eigenvalue weighted by Gasteiger charge is -2.26. The molecule has 2 rings (SSSR count). The van der Waals surface area contributed by atoms with Crippen LogP contribution < -0.4 is 5.32 Å². The molecule has 1 amide bonds. The average Bonchev–Trinajstić information content (AvgIpc) is 2.65. The molecular formula is C9H16N2O3. The molecule has 2 aliphatic heterocycles. The molecule has 5 nitrogen and oxygen atoms in total. The van der Waals surface area contributed by atoms with Crippen molar-refractivity contribution in [1.82, 2.24) is 10.2 Å². The van der Waals surface area contributed by atoms with Gasteiger partial charge in [-0.1, -0.05) is 0 Å². The molecule has 0 aromatic rings. The van der Waals surface area contributed by atoms with Crippen LogP contribution in [0.5, 0.6) is 0 Å². The number of nitrogens with one attached hydrogen (secondary N) is 1. The van der Waals surface area contributed by atoms with Crippen molar-refractivity contribution in [2.45, 2.75) is 18.6 Å². The van der Waals surface area contributed by atoms with Gasteiger partial charge < -0.3 is 20.1 Å². The third-order valence-electron chi connectivity index (χ3n) is 2.68. The quantitative estimate of drug-likeness (QED) is 0.544. The Kier molecular flexibility index (Phi) is 3.00. The van der Waals surface area contributed by atoms with Crippen molar-refractivity contribution in [2.24, 2.45) is 0 Å². The fourth-order valence-electron chi connectivity index (χ4n) is 1.87. The van der Waals surface area contributed by atoms with Gasteiger partial charge in [0.25, 0.3) is 5.91 Å². The van der Waals surface area contributed by atoms with E-state index in [4.69, 9.17) is 4.74 Å². The highest BCUT2D eigenvalue weighted by Gasteiger charge is 2.31. The van der Waals surface area contributed by atoms with Crippen LogP contribution in [0, 0.1) is 0 Å². The lowest BCUT2D eigenvalue weighted by atomic mass is 10.2. The van der Waals surface area contributed by atoms with Crippen molar-refractivity contribution in [3.05, 3.63) is 0 Å². The van der Waals surface area contributed by atoms with E-state index >= 15 is 0 Å². The van der Waals surface area contributed by atoms with E-state index in [1.54, 1.807) is 4.90 Å². The smallest absolute Gasteiger partial charge is 0.253 e. The molecule has 14 heavy (non-hydrogen) atoms. The highest BCUT2D eigenvalue weighted by atomic mass is 16.5. The zero-order chi connectivity index (χ0) is 9.97. The number of nitrogens with zero attached hydrogens (tertiary/aromatic N) is 1. The number of carbonyl (C=O) groups excluding carboxylic acids is 1. The summed E-state index contributed by atoms with van der Waals surface area (Å²) in [5.74, 6) is 0.00810. The van der Waals surface area contributed by atoms with E-state index in [9.17, 15) is 9.90 Å². The second kappa shape index (κ2) is 4.25. The van der Waals surface area contributed by atoms with E-state index in [1.165, 1.54) is 0 Å². The summed E-state index contributed by atoms with van der Waals surface area (Å²) in [6, 6.07) is 0. The minimum atomic E-state index is -0.353. The zero-order valence-corrected chi connectivity index (χ0v) is 8.11. The Morgan fingerprint density at radius 3 is 3.00 bits per heavy atom. The second-order valence-electron chi connectivity index (χ2n) is 3.79. The maximum Gasteiger partial charge on any atom is 0.253 e. The predicted octanol–water partition coefficient (Wildman–Crippen LogP) is -1.43. The highest BCUT2D eigenvalue weighted by molar-refractivity contribution is 5.81. The number of aliphatic hydroxyl groups excluding tert-OH is 1. The van der Waals surface area contributed by atoms with Crippen LogP contribution in [0.2, 0.25) is 0 Å². The van der Waals surface area contributed by atoms with Crippen LogP contribution in [0.1, 0.15) is 6.42 Å². The number of ether oxygens (including phenoxy) is 1. The number of rotatable bonds is 1. The normalized spacial score (nSPS) is 33.4. The minimum absolute atomic E-state index is 0.00810. The largest absolute Gasteiger partial charge is 0.391 e. The van der Waals surface area contributed by atoms with Crippen LogP contribution in [0.15, 0.2) is 0 Å². The van der Waals surface area contributed by atoms with Crippen molar-refractivity contribution >= 4 is 5.91 Å². The summed E-state index contributed by atoms with van der Waals surface area (Å²) in [4.78, 5) is 13.5. The Labute approximate surface area is 83.0 Å². The van der Waals surface area contributed by atoms with Gasteiger partial charge in [0.1, 0.15) is 6.10 Å². The molecule has 2 aliphatic rings. The molecule has 0 spiro atoms. The topological polar surface area (TPSA) is 61.8 Å². The van der Waals surface area contributed by atoms with E-state index in [2.05, 4.69) is 5.32 Å². The van der Waals surface area contributed by atoms with Crippen LogP contribution >= 0.6 is 0 Å². The molecule has 2 N–H and O–H groups in total. The maximum atomic E-state index is 11.8. The summed E-state index contributed by atoms with van der Waals surface area (Å²) in [6.45, 7) is 3.10. The monoisotopic (exact) mass is 200 g/mol. The lowest BCUT2D eigenvalue weighted by molar-refractivity contribution is -0.144. The van der Waals surface area contributed by atoms with Crippen LogP contribution in [0.4, 0.5) is 0 Å². The van der Waals surface area contributed by atoms with E-state index in [-0.39, 0.29) is 18.1 Å². The average molecular weight is 200 g/mol. The first kappa shape index (κ1) is 9.89. The summed E-state index contributed by atoms with van der Waals surface area (Å²) >= 11 is 0. The maximum absolute atomic E-state index is 11.8. The first-order valence-corrected chi connectivity index (χ1v) is 5.06. The van der Waals surface area contributed by atoms with Gasteiger partial charge in [0.05, 0.1) is 12.7 Å². The molecule has 0 aromatic carbocycles. The van der Waals surface area contributed by atoms with E-state index < -0.39 is 0 Å². The van der Waals surface area contributed by atoms with Gasteiger partial charge >= 0.3 is 0 Å². The van der Waals surface area contributed by atoms with Gasteiger partial charge in [-0.15, -0.1) is 0 Å². The third kappa shape index (κ3) is 2.05. The molecule has 0 bridgehead atoms. The van der Waals surface area contributed by atoms with Gasteiger partial charge in [-0.05, 0) is 6.42 Å². The molecule has 2 saturated heterocycles. The molecule has 0 radical (unpaired) electrons. The standard InChI is InChI=1S/C9H16N2O3/c12-7-1-3-11(6-7)9(13)8-5-10-2-4-14-8/h7-8,10,12H,1-6H2/t7-,8?/m0/s1. The van der Waals surface area contributed by atoms with Crippen LogP contribution in [0.3, 0.4) is 0 Å². The summed E-state index contributed by atoms with van der Waals surface area (Å²) in [5, 5.41) is 12.4. The molecule has 80 valence electrons. The Hall–Kier alpha value is -0.650. The highest BCUT2D eigenvalue weighted by Crippen LogP contribution is 2.11. The molecule has 5 heteroatoms. The Morgan fingerprint density at radius 1 is 1.57 bits per heavy atom. The first-order chi connectivity index (χ1) is 6.77. The fraction of sp³-hybridized carbons (Fsp3) is 0.889. The number of morpholine rings is 1. The van der Waals surface area contributed by atoms with Gasteiger partial charge in [-0.2, -0.15) is 0 Å². The molecule has 0 saturated carbocycles. The second-order valence-corrected chi connectivity index (χ2v) is 3.79. The van der Waals surface area contributed by atoms with Gasteiger partial charge in [-0.3, -0.25) is 4.79 Å². The van der Waals surface area contributed by atoms with Crippen LogP contribution in [-0.2, 0) is 9.53 Å². The van der Waals surface area contributed by atoms with Crippen molar-refractivity contribution in [3.63, 3.8) is 0 Å². The Bertz CT molecular complexity index is 209. The number of likely N-dealkylation sites (tertiary alicyclic amines) is 1. The summed E-state index contributed by atoms with van der Waals surface area (Å²) in [7, 11) is 0. The van der Waals surface area contributed by atoms with Gasteiger partial charge in [0.15, 0.2) is 0 Å². The third-order valence-corrected chi connectivity index (χ3v) is 2.68. The summed E-state index contributed by atoms with van der Waals surface area (Å²) in [5.41, 5.74) is 0. The summed E-state index contributed by atoms with van der Waals surface area (Å²) in [6.07, 6.45) is -0.0177. The molecular weight excluding hydrogens is 184 g/mol. The summed E-state index contributed by atoms with van der Waals surface area (Å²) < 4.78 is 5.35. The molecule has 0 aliphatic carbocycles. The molecule has 0 aromatic heterocycles.